The summed E-state index contributed by atoms with van der Waals surface area (Å²) in [4.78, 5) is 11.4. The summed E-state index contributed by atoms with van der Waals surface area (Å²) >= 11 is 5.91. The van der Waals surface area contributed by atoms with Crippen LogP contribution in [0.25, 0.3) is 0 Å². The monoisotopic (exact) mass is 302 g/mol. The molecule has 0 saturated carbocycles. The maximum Gasteiger partial charge on any atom is 0.407 e. The van der Waals surface area contributed by atoms with Crippen LogP contribution in [0.2, 0.25) is 5.02 Å². The molecule has 0 saturated heterocycles. The van der Waals surface area contributed by atoms with Crippen molar-refractivity contribution in [2.75, 3.05) is 18.4 Å². The smallest absolute Gasteiger partial charge is 0.407 e. The lowest BCUT2D eigenvalue weighted by molar-refractivity contribution is 0.0528. The lowest BCUT2D eigenvalue weighted by Gasteiger charge is -2.19. The number of ether oxygens (including phenoxy) is 1. The van der Waals surface area contributed by atoms with Crippen LogP contribution in [-0.4, -0.2) is 24.8 Å². The molecule has 0 bridgehead atoms. The Morgan fingerprint density at radius 1 is 1.35 bits per heavy atom. The first-order valence-corrected chi connectivity index (χ1v) is 6.81. The first-order valence-electron chi connectivity index (χ1n) is 6.44. The van der Waals surface area contributed by atoms with Gasteiger partial charge in [0.1, 0.15) is 11.4 Å². The molecule has 0 spiro atoms. The maximum atomic E-state index is 13.0. The summed E-state index contributed by atoms with van der Waals surface area (Å²) in [5, 5.41) is 6.12. The predicted molar refractivity (Wildman–Crippen MR) is 78.8 cm³/mol. The van der Waals surface area contributed by atoms with Crippen LogP contribution in [0.15, 0.2) is 18.2 Å². The molecule has 1 amide bonds. The Hall–Kier alpha value is -1.49. The van der Waals surface area contributed by atoms with E-state index in [9.17, 15) is 9.18 Å². The van der Waals surface area contributed by atoms with Crippen molar-refractivity contribution in [1.82, 2.24) is 5.32 Å². The number of benzene rings is 1. The zero-order chi connectivity index (χ0) is 15.2. The number of nitrogens with one attached hydrogen (secondary N) is 2. The minimum Gasteiger partial charge on any atom is -0.444 e. The van der Waals surface area contributed by atoms with Crippen LogP contribution in [0.4, 0.5) is 14.9 Å². The third kappa shape index (κ3) is 6.61. The summed E-state index contributed by atoms with van der Waals surface area (Å²) in [6, 6.07) is 4.14. The van der Waals surface area contributed by atoms with Gasteiger partial charge in [0.05, 0.1) is 10.7 Å². The van der Waals surface area contributed by atoms with Gasteiger partial charge in [0.15, 0.2) is 0 Å². The summed E-state index contributed by atoms with van der Waals surface area (Å²) < 4.78 is 18.1. The zero-order valence-electron chi connectivity index (χ0n) is 11.9. The number of rotatable bonds is 5. The topological polar surface area (TPSA) is 50.4 Å². The van der Waals surface area contributed by atoms with E-state index in [0.717, 1.165) is 0 Å². The van der Waals surface area contributed by atoms with E-state index in [4.69, 9.17) is 16.3 Å². The van der Waals surface area contributed by atoms with Crippen LogP contribution < -0.4 is 10.6 Å². The van der Waals surface area contributed by atoms with Crippen LogP contribution in [0.5, 0.6) is 0 Å². The van der Waals surface area contributed by atoms with E-state index in [0.29, 0.717) is 30.2 Å². The molecule has 0 unspecified atom stereocenters. The number of anilines is 1. The van der Waals surface area contributed by atoms with Gasteiger partial charge in [-0.3, -0.25) is 0 Å². The third-order valence-electron chi connectivity index (χ3n) is 2.27. The van der Waals surface area contributed by atoms with E-state index in [-0.39, 0.29) is 5.82 Å². The normalized spacial score (nSPS) is 11.1. The van der Waals surface area contributed by atoms with E-state index in [1.165, 1.54) is 18.2 Å². The Morgan fingerprint density at radius 2 is 2.05 bits per heavy atom. The van der Waals surface area contributed by atoms with Crippen molar-refractivity contribution in [2.45, 2.75) is 32.8 Å². The highest BCUT2D eigenvalue weighted by molar-refractivity contribution is 6.33. The van der Waals surface area contributed by atoms with Crippen molar-refractivity contribution in [3.8, 4) is 0 Å². The number of hydrogen-bond donors (Lipinski definition) is 2. The molecule has 0 aliphatic carbocycles. The molecule has 4 nitrogen and oxygen atoms in total. The van der Waals surface area contributed by atoms with Gasteiger partial charge in [-0.25, -0.2) is 9.18 Å². The summed E-state index contributed by atoms with van der Waals surface area (Å²) in [5.74, 6) is -0.344. The fourth-order valence-electron chi connectivity index (χ4n) is 1.45. The molecule has 20 heavy (non-hydrogen) atoms. The molecular weight excluding hydrogens is 283 g/mol. The highest BCUT2D eigenvalue weighted by atomic mass is 35.5. The first kappa shape index (κ1) is 16.6. The Bertz CT molecular complexity index is 461. The molecule has 0 radical (unpaired) electrons. The summed E-state index contributed by atoms with van der Waals surface area (Å²) in [6.07, 6.45) is 0.229. The summed E-state index contributed by atoms with van der Waals surface area (Å²) in [7, 11) is 0. The molecule has 0 fully saturated rings. The molecular formula is C14H20ClFN2O2. The standard InChI is InChI=1S/C14H20ClFN2O2/c1-14(2,3)20-13(19)18-8-4-7-17-12-9-10(16)5-6-11(12)15/h5-6,9,17H,4,7-8H2,1-3H3,(H,18,19). The highest BCUT2D eigenvalue weighted by Gasteiger charge is 2.15. The van der Waals surface area contributed by atoms with Crippen LogP contribution in [0, 0.1) is 5.82 Å². The molecule has 0 aliphatic heterocycles. The van der Waals surface area contributed by atoms with Crippen molar-refractivity contribution in [2.24, 2.45) is 0 Å². The van der Waals surface area contributed by atoms with E-state index in [1.54, 1.807) is 20.8 Å². The Kier molecular flexibility index (Phi) is 6.07. The van der Waals surface area contributed by atoms with Gasteiger partial charge in [0, 0.05) is 13.1 Å². The number of halogens is 2. The zero-order valence-corrected chi connectivity index (χ0v) is 12.7. The fourth-order valence-corrected chi connectivity index (χ4v) is 1.63. The number of carbonyl (C=O) groups is 1. The lowest BCUT2D eigenvalue weighted by atomic mass is 10.2. The van der Waals surface area contributed by atoms with Crippen molar-refractivity contribution in [3.63, 3.8) is 0 Å². The average Bonchev–Trinajstić information content (AvgIpc) is 2.30. The van der Waals surface area contributed by atoms with Crippen molar-refractivity contribution in [1.29, 1.82) is 0 Å². The van der Waals surface area contributed by atoms with Crippen molar-refractivity contribution in [3.05, 3.63) is 29.0 Å². The average molecular weight is 303 g/mol. The van der Waals surface area contributed by atoms with Gasteiger partial charge in [0.25, 0.3) is 0 Å². The van der Waals surface area contributed by atoms with Gasteiger partial charge >= 0.3 is 6.09 Å². The number of alkyl carbamates (subject to hydrolysis) is 1. The van der Waals surface area contributed by atoms with Crippen LogP contribution in [-0.2, 0) is 4.74 Å². The Labute approximate surface area is 123 Å². The molecule has 6 heteroatoms. The molecule has 112 valence electrons. The van der Waals surface area contributed by atoms with Gasteiger partial charge < -0.3 is 15.4 Å². The minimum atomic E-state index is -0.503. The molecule has 2 N–H and O–H groups in total. The predicted octanol–water partition coefficient (Wildman–Crippen LogP) is 3.81. The summed E-state index contributed by atoms with van der Waals surface area (Å²) in [5.41, 5.74) is 0.0428. The lowest BCUT2D eigenvalue weighted by Crippen LogP contribution is -2.33. The largest absolute Gasteiger partial charge is 0.444 e. The molecule has 0 atom stereocenters. The second kappa shape index (κ2) is 7.33. The van der Waals surface area contributed by atoms with Crippen LogP contribution in [0.1, 0.15) is 27.2 Å². The first-order chi connectivity index (χ1) is 9.28. The minimum absolute atomic E-state index is 0.344. The second-order valence-corrected chi connectivity index (χ2v) is 5.74. The van der Waals surface area contributed by atoms with E-state index in [1.807, 2.05) is 0 Å². The molecule has 0 heterocycles. The third-order valence-corrected chi connectivity index (χ3v) is 2.60. The Morgan fingerprint density at radius 3 is 2.70 bits per heavy atom. The van der Waals surface area contributed by atoms with Gasteiger partial charge in [-0.05, 0) is 45.4 Å². The number of carbonyl (C=O) groups excluding carboxylic acids is 1. The van der Waals surface area contributed by atoms with Crippen molar-refractivity contribution < 1.29 is 13.9 Å². The van der Waals surface area contributed by atoms with Crippen LogP contribution in [0.3, 0.4) is 0 Å². The quantitative estimate of drug-likeness (QED) is 0.813. The molecule has 0 aliphatic rings. The van der Waals surface area contributed by atoms with Gasteiger partial charge in [-0.15, -0.1) is 0 Å². The van der Waals surface area contributed by atoms with Gasteiger partial charge in [0.2, 0.25) is 0 Å². The van der Waals surface area contributed by atoms with E-state index >= 15 is 0 Å². The molecule has 1 rings (SSSR count). The fraction of sp³-hybridized carbons (Fsp3) is 0.500. The summed E-state index contributed by atoms with van der Waals surface area (Å²) in [6.45, 7) is 6.45. The number of amides is 1. The second-order valence-electron chi connectivity index (χ2n) is 5.33. The Balaban J connectivity index is 2.22. The molecule has 1 aromatic carbocycles. The van der Waals surface area contributed by atoms with E-state index < -0.39 is 11.7 Å². The van der Waals surface area contributed by atoms with E-state index in [2.05, 4.69) is 10.6 Å². The van der Waals surface area contributed by atoms with Crippen molar-refractivity contribution >= 4 is 23.4 Å². The maximum absolute atomic E-state index is 13.0. The number of hydrogen-bond acceptors (Lipinski definition) is 3. The van der Waals surface area contributed by atoms with Gasteiger partial charge in [-0.1, -0.05) is 11.6 Å². The highest BCUT2D eigenvalue weighted by Crippen LogP contribution is 2.22. The van der Waals surface area contributed by atoms with Gasteiger partial charge in [-0.2, -0.15) is 0 Å². The molecule has 0 aromatic heterocycles. The molecule has 1 aromatic rings. The SMILES string of the molecule is CC(C)(C)OC(=O)NCCCNc1cc(F)ccc1Cl. The van der Waals surface area contributed by atoms with Crippen LogP contribution >= 0.6 is 11.6 Å².